The number of likely N-dealkylation sites (N-methyl/N-ethyl adjacent to an activating group) is 1. The van der Waals surface area contributed by atoms with Crippen LogP contribution in [0.4, 0.5) is 4.79 Å². The molecule has 0 spiro atoms. The summed E-state index contributed by atoms with van der Waals surface area (Å²) >= 11 is 0. The van der Waals surface area contributed by atoms with Crippen molar-refractivity contribution in [1.29, 1.82) is 0 Å². The molecule has 0 radical (unpaired) electrons. The first-order valence-corrected chi connectivity index (χ1v) is 5.72. The molecule has 0 saturated heterocycles. The summed E-state index contributed by atoms with van der Waals surface area (Å²) in [5.41, 5.74) is 3.13. The summed E-state index contributed by atoms with van der Waals surface area (Å²) in [6.07, 6.45) is -0.407. The van der Waals surface area contributed by atoms with Gasteiger partial charge in [0.15, 0.2) is 0 Å². The first-order chi connectivity index (χ1) is 8.04. The molecule has 94 valence electrons. The second kappa shape index (κ2) is 6.25. The van der Waals surface area contributed by atoms with Crippen LogP contribution in [0.5, 0.6) is 5.75 Å². The normalized spacial score (nSPS) is 10.1. The van der Waals surface area contributed by atoms with Crippen molar-refractivity contribution in [2.24, 2.45) is 0 Å². The smallest absolute Gasteiger partial charge is 0.410 e. The number of hydrogen-bond donors (Lipinski definition) is 2. The van der Waals surface area contributed by atoms with Crippen LogP contribution < -0.4 is 15.4 Å². The van der Waals surface area contributed by atoms with E-state index in [1.165, 1.54) is 5.56 Å². The van der Waals surface area contributed by atoms with E-state index in [-0.39, 0.29) is 0 Å². The minimum absolute atomic E-state index is 0.407. The topological polar surface area (TPSA) is 50.4 Å². The van der Waals surface area contributed by atoms with E-state index in [0.717, 1.165) is 17.7 Å². The molecule has 4 nitrogen and oxygen atoms in total. The molecule has 17 heavy (non-hydrogen) atoms. The molecule has 0 aliphatic carbocycles. The molecule has 0 aromatic heterocycles. The Morgan fingerprint density at radius 3 is 2.29 bits per heavy atom. The predicted octanol–water partition coefficient (Wildman–Crippen LogP) is 1.92. The van der Waals surface area contributed by atoms with Gasteiger partial charge in [-0.15, -0.1) is 0 Å². The molecule has 0 bridgehead atoms. The average molecular weight is 236 g/mol. The fourth-order valence-electron chi connectivity index (χ4n) is 1.75. The van der Waals surface area contributed by atoms with E-state index in [0.29, 0.717) is 12.3 Å². The lowest BCUT2D eigenvalue weighted by Gasteiger charge is -2.12. The maximum Gasteiger partial charge on any atom is 0.412 e. The second-order valence-corrected chi connectivity index (χ2v) is 4.15. The number of benzene rings is 1. The summed E-state index contributed by atoms with van der Waals surface area (Å²) in [6, 6.07) is 4.01. The van der Waals surface area contributed by atoms with Crippen molar-refractivity contribution in [3.8, 4) is 5.75 Å². The van der Waals surface area contributed by atoms with Crippen LogP contribution in [-0.4, -0.2) is 26.2 Å². The van der Waals surface area contributed by atoms with Gasteiger partial charge in [-0.2, -0.15) is 0 Å². The van der Waals surface area contributed by atoms with E-state index < -0.39 is 6.09 Å². The number of ether oxygens (including phenoxy) is 1. The summed E-state index contributed by atoms with van der Waals surface area (Å²) in [4.78, 5) is 11.5. The standard InChI is InChI=1S/C13H20N2O2/c1-9-7-10(2)12(11(3)8-9)17-13(16)15-6-5-14-4/h7-8,14H,5-6H2,1-4H3,(H,15,16). The van der Waals surface area contributed by atoms with E-state index in [1.54, 1.807) is 0 Å². The molecule has 1 aromatic rings. The van der Waals surface area contributed by atoms with Gasteiger partial charge in [-0.3, -0.25) is 0 Å². The Morgan fingerprint density at radius 1 is 1.18 bits per heavy atom. The van der Waals surface area contributed by atoms with Crippen molar-refractivity contribution in [3.05, 3.63) is 28.8 Å². The molecule has 0 fully saturated rings. The molecule has 0 aliphatic rings. The summed E-state index contributed by atoms with van der Waals surface area (Å²) < 4.78 is 5.30. The van der Waals surface area contributed by atoms with Gasteiger partial charge in [0, 0.05) is 13.1 Å². The molecule has 0 aliphatic heterocycles. The lowest BCUT2D eigenvalue weighted by molar-refractivity contribution is 0.200. The summed E-state index contributed by atoms with van der Waals surface area (Å²) in [5, 5.41) is 5.62. The van der Waals surface area contributed by atoms with Gasteiger partial charge in [0.2, 0.25) is 0 Å². The van der Waals surface area contributed by atoms with E-state index in [2.05, 4.69) is 10.6 Å². The number of carbonyl (C=O) groups excluding carboxylic acids is 1. The Balaban J connectivity index is 2.65. The van der Waals surface area contributed by atoms with Gasteiger partial charge in [0.05, 0.1) is 0 Å². The number of carbonyl (C=O) groups is 1. The number of rotatable bonds is 4. The van der Waals surface area contributed by atoms with Crippen LogP contribution in [0, 0.1) is 20.8 Å². The fraction of sp³-hybridized carbons (Fsp3) is 0.462. The average Bonchev–Trinajstić information content (AvgIpc) is 2.24. The van der Waals surface area contributed by atoms with Gasteiger partial charge in [0.1, 0.15) is 5.75 Å². The van der Waals surface area contributed by atoms with E-state index in [1.807, 2.05) is 40.0 Å². The molecule has 0 heterocycles. The van der Waals surface area contributed by atoms with E-state index in [4.69, 9.17) is 4.74 Å². The minimum Gasteiger partial charge on any atom is -0.410 e. The van der Waals surface area contributed by atoms with Crippen molar-refractivity contribution in [3.63, 3.8) is 0 Å². The molecule has 1 amide bonds. The highest BCUT2D eigenvalue weighted by molar-refractivity contribution is 5.71. The van der Waals surface area contributed by atoms with Crippen molar-refractivity contribution in [2.75, 3.05) is 20.1 Å². The van der Waals surface area contributed by atoms with Gasteiger partial charge >= 0.3 is 6.09 Å². The van der Waals surface area contributed by atoms with Crippen LogP contribution in [0.25, 0.3) is 0 Å². The Kier molecular flexibility index (Phi) is 4.97. The first kappa shape index (κ1) is 13.5. The van der Waals surface area contributed by atoms with Crippen molar-refractivity contribution in [1.82, 2.24) is 10.6 Å². The zero-order valence-electron chi connectivity index (χ0n) is 10.9. The maximum absolute atomic E-state index is 11.5. The zero-order valence-corrected chi connectivity index (χ0v) is 10.9. The Bertz CT molecular complexity index is 379. The monoisotopic (exact) mass is 236 g/mol. The lowest BCUT2D eigenvalue weighted by atomic mass is 10.1. The van der Waals surface area contributed by atoms with Gasteiger partial charge < -0.3 is 15.4 Å². The molecule has 0 atom stereocenters. The highest BCUT2D eigenvalue weighted by Crippen LogP contribution is 2.24. The molecule has 2 N–H and O–H groups in total. The minimum atomic E-state index is -0.407. The quantitative estimate of drug-likeness (QED) is 0.785. The van der Waals surface area contributed by atoms with Gasteiger partial charge in [0.25, 0.3) is 0 Å². The van der Waals surface area contributed by atoms with Crippen LogP contribution in [0.3, 0.4) is 0 Å². The highest BCUT2D eigenvalue weighted by atomic mass is 16.6. The summed E-state index contributed by atoms with van der Waals surface area (Å²) in [7, 11) is 1.83. The van der Waals surface area contributed by atoms with Crippen molar-refractivity contribution in [2.45, 2.75) is 20.8 Å². The zero-order chi connectivity index (χ0) is 12.8. The molecule has 1 rings (SSSR count). The van der Waals surface area contributed by atoms with Crippen molar-refractivity contribution >= 4 is 6.09 Å². The van der Waals surface area contributed by atoms with Crippen molar-refractivity contribution < 1.29 is 9.53 Å². The maximum atomic E-state index is 11.5. The van der Waals surface area contributed by atoms with Gasteiger partial charge in [-0.05, 0) is 38.9 Å². The van der Waals surface area contributed by atoms with Crippen LogP contribution in [-0.2, 0) is 0 Å². The molecule has 0 saturated carbocycles. The third-order valence-electron chi connectivity index (χ3n) is 2.44. The van der Waals surface area contributed by atoms with Gasteiger partial charge in [-0.25, -0.2) is 4.79 Å². The van der Waals surface area contributed by atoms with E-state index >= 15 is 0 Å². The fourth-order valence-corrected chi connectivity index (χ4v) is 1.75. The third-order valence-corrected chi connectivity index (χ3v) is 2.44. The molecule has 4 heteroatoms. The largest absolute Gasteiger partial charge is 0.412 e. The number of aryl methyl sites for hydroxylation is 3. The van der Waals surface area contributed by atoms with Crippen LogP contribution in [0.1, 0.15) is 16.7 Å². The lowest BCUT2D eigenvalue weighted by Crippen LogP contribution is -2.32. The number of nitrogens with one attached hydrogen (secondary N) is 2. The van der Waals surface area contributed by atoms with Crippen LogP contribution in [0.2, 0.25) is 0 Å². The molecular weight excluding hydrogens is 216 g/mol. The Hall–Kier alpha value is -1.55. The first-order valence-electron chi connectivity index (χ1n) is 5.72. The summed E-state index contributed by atoms with van der Waals surface area (Å²) in [5.74, 6) is 0.651. The Morgan fingerprint density at radius 2 is 1.76 bits per heavy atom. The molecule has 1 aromatic carbocycles. The third kappa shape index (κ3) is 4.07. The SMILES string of the molecule is CNCCNC(=O)Oc1c(C)cc(C)cc1C. The highest BCUT2D eigenvalue weighted by Gasteiger charge is 2.09. The van der Waals surface area contributed by atoms with Crippen LogP contribution >= 0.6 is 0 Å². The predicted molar refractivity (Wildman–Crippen MR) is 68.6 cm³/mol. The number of hydrogen-bond acceptors (Lipinski definition) is 3. The second-order valence-electron chi connectivity index (χ2n) is 4.15. The summed E-state index contributed by atoms with van der Waals surface area (Å²) in [6.45, 7) is 7.18. The van der Waals surface area contributed by atoms with E-state index in [9.17, 15) is 4.79 Å². The van der Waals surface area contributed by atoms with Crippen LogP contribution in [0.15, 0.2) is 12.1 Å². The number of amides is 1. The molecular formula is C13H20N2O2. The Labute approximate surface area is 102 Å². The van der Waals surface area contributed by atoms with Gasteiger partial charge in [-0.1, -0.05) is 17.7 Å². The molecule has 0 unspecified atom stereocenters.